The lowest BCUT2D eigenvalue weighted by Gasteiger charge is -2.14. The first-order chi connectivity index (χ1) is 15.6. The molecule has 2 N–H and O–H groups in total. The fraction of sp³-hybridized carbons (Fsp3) is 0.261. The molecule has 0 bridgehead atoms. The van der Waals surface area contributed by atoms with Crippen LogP contribution in [0.15, 0.2) is 61.4 Å². The number of carboxylic acid groups (broad SMARTS) is 1. The van der Waals surface area contributed by atoms with Gasteiger partial charge >= 0.3 is 5.97 Å². The Morgan fingerprint density at radius 2 is 1.94 bits per heavy atom. The lowest BCUT2D eigenvalue weighted by atomic mass is 10.2. The Balaban J connectivity index is 1.50. The van der Waals surface area contributed by atoms with Gasteiger partial charge in [-0.15, -0.1) is 0 Å². The molecular formula is C23H25N5O4. The number of aromatic nitrogens is 4. The summed E-state index contributed by atoms with van der Waals surface area (Å²) in [5.41, 5.74) is 1.53. The Hall–Kier alpha value is -4.01. The minimum absolute atomic E-state index is 0.0649. The lowest BCUT2D eigenvalue weighted by Crippen LogP contribution is -2.04. The quantitative estimate of drug-likeness (QED) is 0.344. The number of ether oxygens (including phenoxy) is 2. The molecule has 4 aromatic rings. The lowest BCUT2D eigenvalue weighted by molar-refractivity contribution is -0.137. The van der Waals surface area contributed by atoms with Gasteiger partial charge in [-0.2, -0.15) is 0 Å². The topological polar surface area (TPSA) is 103 Å². The number of fused-ring (bicyclic) bond motifs is 1. The Bertz CT molecular complexity index is 1190. The first kappa shape index (κ1) is 21.2. The minimum Gasteiger partial charge on any atom is -0.493 e. The fourth-order valence-electron chi connectivity index (χ4n) is 3.40. The maximum Gasteiger partial charge on any atom is 0.305 e. The molecule has 0 atom stereocenters. The van der Waals surface area contributed by atoms with Crippen LogP contribution in [0.5, 0.6) is 11.5 Å². The van der Waals surface area contributed by atoms with Crippen LogP contribution in [0.2, 0.25) is 0 Å². The molecule has 0 unspecified atom stereocenters. The molecule has 4 rings (SSSR count). The number of nitrogens with one attached hydrogen (secondary N) is 1. The van der Waals surface area contributed by atoms with Crippen LogP contribution in [0.3, 0.4) is 0 Å². The maximum atomic E-state index is 10.8. The Labute approximate surface area is 185 Å². The predicted molar refractivity (Wildman–Crippen MR) is 121 cm³/mol. The van der Waals surface area contributed by atoms with Crippen molar-refractivity contribution in [3.63, 3.8) is 0 Å². The van der Waals surface area contributed by atoms with Crippen LogP contribution in [-0.2, 0) is 17.9 Å². The van der Waals surface area contributed by atoms with E-state index in [0.717, 1.165) is 29.6 Å². The van der Waals surface area contributed by atoms with E-state index in [9.17, 15) is 4.79 Å². The molecule has 3 heterocycles. The van der Waals surface area contributed by atoms with Gasteiger partial charge in [0.05, 0.1) is 31.3 Å². The van der Waals surface area contributed by atoms with Crippen molar-refractivity contribution in [1.82, 2.24) is 19.1 Å². The van der Waals surface area contributed by atoms with Crippen LogP contribution in [0.25, 0.3) is 10.9 Å². The Kier molecular flexibility index (Phi) is 6.54. The van der Waals surface area contributed by atoms with Crippen molar-refractivity contribution in [3.05, 3.63) is 61.4 Å². The standard InChI is InChI=1S/C23H25N5O4/c1-31-20-14-19-18(13-21(20)32-12-4-9-27-7-2-3-8-27)23(25-16-24-19)26-17-5-10-28(15-17)11-6-22(29)30/h2-3,5,7-8,10,13-16H,4,6,9,11-12H2,1H3,(H,29,30)(H,24,25,26). The van der Waals surface area contributed by atoms with Gasteiger partial charge in [-0.05, 0) is 30.7 Å². The summed E-state index contributed by atoms with van der Waals surface area (Å²) >= 11 is 0. The summed E-state index contributed by atoms with van der Waals surface area (Å²) in [4.78, 5) is 19.5. The number of nitrogens with zero attached hydrogens (tertiary/aromatic N) is 4. The zero-order chi connectivity index (χ0) is 22.3. The monoisotopic (exact) mass is 435 g/mol. The number of carbonyl (C=O) groups is 1. The van der Waals surface area contributed by atoms with Crippen LogP contribution < -0.4 is 14.8 Å². The maximum absolute atomic E-state index is 10.8. The van der Waals surface area contributed by atoms with Crippen molar-refractivity contribution >= 4 is 28.4 Å². The smallest absolute Gasteiger partial charge is 0.305 e. The van der Waals surface area contributed by atoms with Crippen LogP contribution in [0, 0.1) is 0 Å². The highest BCUT2D eigenvalue weighted by Crippen LogP contribution is 2.34. The fourth-order valence-corrected chi connectivity index (χ4v) is 3.40. The Morgan fingerprint density at radius 3 is 2.72 bits per heavy atom. The SMILES string of the molecule is COc1cc2ncnc(Nc3ccn(CCC(=O)O)c3)c2cc1OCCCn1cccc1. The molecule has 0 saturated carbocycles. The largest absolute Gasteiger partial charge is 0.493 e. The van der Waals surface area contributed by atoms with Crippen LogP contribution >= 0.6 is 0 Å². The third-order valence-electron chi connectivity index (χ3n) is 5.00. The average molecular weight is 435 g/mol. The number of benzene rings is 1. The van der Waals surface area contributed by atoms with Gasteiger partial charge in [-0.25, -0.2) is 9.97 Å². The average Bonchev–Trinajstić information content (AvgIpc) is 3.47. The molecule has 0 spiro atoms. The molecule has 0 aliphatic rings. The van der Waals surface area contributed by atoms with E-state index in [0.29, 0.717) is 30.5 Å². The van der Waals surface area contributed by atoms with E-state index in [2.05, 4.69) is 19.9 Å². The summed E-state index contributed by atoms with van der Waals surface area (Å²) in [6.07, 6.45) is 10.1. The zero-order valence-corrected chi connectivity index (χ0v) is 17.8. The second-order valence-corrected chi connectivity index (χ2v) is 7.27. The molecule has 0 fully saturated rings. The van der Waals surface area contributed by atoms with E-state index in [-0.39, 0.29) is 6.42 Å². The van der Waals surface area contributed by atoms with E-state index >= 15 is 0 Å². The molecule has 0 aliphatic carbocycles. The molecule has 0 aliphatic heterocycles. The highest BCUT2D eigenvalue weighted by molar-refractivity contribution is 5.93. The van der Waals surface area contributed by atoms with E-state index in [1.54, 1.807) is 7.11 Å². The van der Waals surface area contributed by atoms with E-state index < -0.39 is 5.97 Å². The van der Waals surface area contributed by atoms with Crippen molar-refractivity contribution in [2.45, 2.75) is 25.9 Å². The van der Waals surface area contributed by atoms with Gasteiger partial charge in [0.25, 0.3) is 0 Å². The minimum atomic E-state index is -0.829. The zero-order valence-electron chi connectivity index (χ0n) is 17.8. The molecule has 0 radical (unpaired) electrons. The first-order valence-electron chi connectivity index (χ1n) is 10.3. The summed E-state index contributed by atoms with van der Waals surface area (Å²) in [5.74, 6) is 1.04. The van der Waals surface area contributed by atoms with Crippen LogP contribution in [0.4, 0.5) is 11.5 Å². The van der Waals surface area contributed by atoms with Crippen molar-refractivity contribution in [3.8, 4) is 11.5 Å². The van der Waals surface area contributed by atoms with Gasteiger partial charge in [0.2, 0.25) is 0 Å². The van der Waals surface area contributed by atoms with Crippen molar-refractivity contribution in [1.29, 1.82) is 0 Å². The van der Waals surface area contributed by atoms with Gasteiger partial charge in [0.15, 0.2) is 11.5 Å². The van der Waals surface area contributed by atoms with Gasteiger partial charge in [-0.3, -0.25) is 4.79 Å². The third-order valence-corrected chi connectivity index (χ3v) is 5.00. The molecule has 0 saturated heterocycles. The van der Waals surface area contributed by atoms with Crippen molar-refractivity contribution in [2.24, 2.45) is 0 Å². The van der Waals surface area contributed by atoms with Gasteiger partial charge in [0, 0.05) is 49.3 Å². The summed E-state index contributed by atoms with van der Waals surface area (Å²) < 4.78 is 15.5. The van der Waals surface area contributed by atoms with Gasteiger partial charge in [0.1, 0.15) is 12.1 Å². The molecule has 9 heteroatoms. The number of aryl methyl sites for hydroxylation is 2. The third kappa shape index (κ3) is 5.18. The summed E-state index contributed by atoms with van der Waals surface area (Å²) in [6, 6.07) is 9.59. The summed E-state index contributed by atoms with van der Waals surface area (Å²) in [7, 11) is 1.61. The van der Waals surface area contributed by atoms with Crippen LogP contribution in [0.1, 0.15) is 12.8 Å². The molecule has 3 aromatic heterocycles. The highest BCUT2D eigenvalue weighted by atomic mass is 16.5. The van der Waals surface area contributed by atoms with Crippen LogP contribution in [-0.4, -0.2) is 43.9 Å². The Morgan fingerprint density at radius 1 is 1.09 bits per heavy atom. The second kappa shape index (κ2) is 9.86. The van der Waals surface area contributed by atoms with Crippen molar-refractivity contribution in [2.75, 3.05) is 19.0 Å². The summed E-state index contributed by atoms with van der Waals surface area (Å²) in [6.45, 7) is 1.82. The molecule has 0 amide bonds. The molecular weight excluding hydrogens is 410 g/mol. The number of hydrogen-bond donors (Lipinski definition) is 2. The number of methoxy groups -OCH3 is 1. The normalized spacial score (nSPS) is 10.9. The van der Waals surface area contributed by atoms with Gasteiger partial charge < -0.3 is 29.0 Å². The van der Waals surface area contributed by atoms with Crippen molar-refractivity contribution < 1.29 is 19.4 Å². The molecule has 9 nitrogen and oxygen atoms in total. The number of rotatable bonds is 11. The van der Waals surface area contributed by atoms with E-state index in [4.69, 9.17) is 14.6 Å². The molecule has 32 heavy (non-hydrogen) atoms. The number of hydrogen-bond acceptors (Lipinski definition) is 6. The van der Waals surface area contributed by atoms with Gasteiger partial charge in [-0.1, -0.05) is 0 Å². The van der Waals surface area contributed by atoms with E-state index in [1.165, 1.54) is 6.33 Å². The molecule has 1 aromatic carbocycles. The van der Waals surface area contributed by atoms with E-state index in [1.807, 2.05) is 59.7 Å². The highest BCUT2D eigenvalue weighted by Gasteiger charge is 2.12. The predicted octanol–water partition coefficient (Wildman–Crippen LogP) is 3.93. The first-order valence-corrected chi connectivity index (χ1v) is 10.3. The number of aliphatic carboxylic acids is 1. The summed E-state index contributed by atoms with van der Waals surface area (Å²) in [5, 5.41) is 12.9. The molecule has 166 valence electrons. The second-order valence-electron chi connectivity index (χ2n) is 7.27. The number of carboxylic acids is 1. The number of anilines is 2.